The second-order valence-electron chi connectivity index (χ2n) is 5.57. The summed E-state index contributed by atoms with van der Waals surface area (Å²) in [5, 5.41) is 0. The minimum Gasteiger partial charge on any atom is -0.0649 e. The van der Waals surface area contributed by atoms with Crippen molar-refractivity contribution >= 4 is 0 Å². The van der Waals surface area contributed by atoms with Crippen LogP contribution in [0.3, 0.4) is 0 Å². The van der Waals surface area contributed by atoms with E-state index in [0.717, 1.165) is 11.8 Å². The van der Waals surface area contributed by atoms with E-state index in [1.165, 1.54) is 25.7 Å². The zero-order valence-electron chi connectivity index (χ0n) is 10.5. The van der Waals surface area contributed by atoms with Crippen molar-refractivity contribution in [3.8, 4) is 0 Å². The molecule has 0 saturated carbocycles. The highest BCUT2D eigenvalue weighted by molar-refractivity contribution is 4.73. The highest BCUT2D eigenvalue weighted by Crippen LogP contribution is 2.33. The molecule has 0 heterocycles. The van der Waals surface area contributed by atoms with Gasteiger partial charge in [-0.25, -0.2) is 0 Å². The summed E-state index contributed by atoms with van der Waals surface area (Å²) in [4.78, 5) is 0. The highest BCUT2D eigenvalue weighted by atomic mass is 14.3. The summed E-state index contributed by atoms with van der Waals surface area (Å²) in [5.74, 6) is 1.74. The van der Waals surface area contributed by atoms with Crippen molar-refractivity contribution in [1.29, 1.82) is 0 Å². The Morgan fingerprint density at radius 3 is 1.92 bits per heavy atom. The lowest BCUT2D eigenvalue weighted by molar-refractivity contribution is 0.203. The second kappa shape index (κ2) is 5.67. The van der Waals surface area contributed by atoms with Gasteiger partial charge in [-0.3, -0.25) is 0 Å². The Kier molecular flexibility index (Phi) is 5.67. The second-order valence-corrected chi connectivity index (χ2v) is 5.57. The number of rotatable bonds is 6. The van der Waals surface area contributed by atoms with E-state index < -0.39 is 0 Å². The summed E-state index contributed by atoms with van der Waals surface area (Å²) in [6.45, 7) is 14.1. The maximum atomic E-state index is 2.41. The Hall–Kier alpha value is 0. The van der Waals surface area contributed by atoms with Gasteiger partial charge in [0.1, 0.15) is 0 Å². The number of hydrogen-bond acceptors (Lipinski definition) is 0. The maximum Gasteiger partial charge on any atom is -0.0331 e. The molecule has 0 bridgehead atoms. The van der Waals surface area contributed by atoms with Crippen LogP contribution in [0, 0.1) is 17.3 Å². The SMILES string of the molecule is CCC(C)(C)C(C)CCCC(C)C. The summed E-state index contributed by atoms with van der Waals surface area (Å²) in [7, 11) is 0. The first-order valence-electron chi connectivity index (χ1n) is 5.90. The van der Waals surface area contributed by atoms with Crippen LogP contribution in [0.25, 0.3) is 0 Å². The van der Waals surface area contributed by atoms with Gasteiger partial charge in [0.2, 0.25) is 0 Å². The normalized spacial score (nSPS) is 15.0. The van der Waals surface area contributed by atoms with Crippen LogP contribution in [0.4, 0.5) is 0 Å². The first-order valence-corrected chi connectivity index (χ1v) is 5.90. The van der Waals surface area contributed by atoms with Gasteiger partial charge in [0, 0.05) is 0 Å². The summed E-state index contributed by atoms with van der Waals surface area (Å²) in [5.41, 5.74) is 0.539. The molecule has 0 aromatic heterocycles. The van der Waals surface area contributed by atoms with E-state index in [1.54, 1.807) is 0 Å². The van der Waals surface area contributed by atoms with Crippen LogP contribution in [0.1, 0.15) is 67.2 Å². The van der Waals surface area contributed by atoms with Gasteiger partial charge in [-0.1, -0.05) is 67.2 Å². The molecule has 0 aliphatic heterocycles. The van der Waals surface area contributed by atoms with Crippen molar-refractivity contribution in [2.75, 3.05) is 0 Å². The van der Waals surface area contributed by atoms with Gasteiger partial charge >= 0.3 is 0 Å². The third-order valence-electron chi connectivity index (χ3n) is 3.66. The summed E-state index contributed by atoms with van der Waals surface area (Å²) in [6.07, 6.45) is 5.50. The van der Waals surface area contributed by atoms with Crippen LogP contribution in [0.2, 0.25) is 0 Å². The van der Waals surface area contributed by atoms with Gasteiger partial charge in [0.05, 0.1) is 0 Å². The summed E-state index contributed by atoms with van der Waals surface area (Å²) < 4.78 is 0. The number of hydrogen-bond donors (Lipinski definition) is 0. The average molecular weight is 184 g/mol. The Labute approximate surface area is 85.1 Å². The van der Waals surface area contributed by atoms with Gasteiger partial charge in [-0.15, -0.1) is 0 Å². The van der Waals surface area contributed by atoms with Crippen LogP contribution in [0.15, 0.2) is 0 Å². The van der Waals surface area contributed by atoms with E-state index in [0.29, 0.717) is 5.41 Å². The average Bonchev–Trinajstić information content (AvgIpc) is 2.03. The Balaban J connectivity index is 3.68. The Morgan fingerprint density at radius 1 is 1.00 bits per heavy atom. The van der Waals surface area contributed by atoms with Crippen LogP contribution >= 0.6 is 0 Å². The third kappa shape index (κ3) is 5.33. The van der Waals surface area contributed by atoms with Crippen molar-refractivity contribution in [3.63, 3.8) is 0 Å². The fraction of sp³-hybridized carbons (Fsp3) is 1.00. The smallest absolute Gasteiger partial charge is 0.0331 e. The fourth-order valence-electron chi connectivity index (χ4n) is 1.57. The molecular formula is C13H28. The third-order valence-corrected chi connectivity index (χ3v) is 3.66. The highest BCUT2D eigenvalue weighted by Gasteiger charge is 2.22. The maximum absolute atomic E-state index is 2.41. The monoisotopic (exact) mass is 184 g/mol. The van der Waals surface area contributed by atoms with Gasteiger partial charge in [-0.05, 0) is 17.3 Å². The molecule has 0 aromatic rings. The molecule has 0 amide bonds. The molecule has 0 N–H and O–H groups in total. The van der Waals surface area contributed by atoms with Gasteiger partial charge in [0.25, 0.3) is 0 Å². The predicted molar refractivity (Wildman–Crippen MR) is 61.9 cm³/mol. The molecule has 0 spiro atoms. The predicted octanol–water partition coefficient (Wildman–Crippen LogP) is 4.89. The van der Waals surface area contributed by atoms with Crippen LogP contribution in [-0.4, -0.2) is 0 Å². The molecular weight excluding hydrogens is 156 g/mol. The first kappa shape index (κ1) is 13.0. The standard InChI is InChI=1S/C13H28/c1-7-13(5,6)12(4)10-8-9-11(2)3/h11-12H,7-10H2,1-6H3. The minimum atomic E-state index is 0.539. The molecule has 13 heavy (non-hydrogen) atoms. The molecule has 0 aromatic carbocycles. The molecule has 0 radical (unpaired) electrons. The topological polar surface area (TPSA) is 0 Å². The van der Waals surface area contributed by atoms with Crippen LogP contribution in [0.5, 0.6) is 0 Å². The lowest BCUT2D eigenvalue weighted by Gasteiger charge is -2.30. The lowest BCUT2D eigenvalue weighted by atomic mass is 9.75. The summed E-state index contributed by atoms with van der Waals surface area (Å²) >= 11 is 0. The Morgan fingerprint density at radius 2 is 1.54 bits per heavy atom. The van der Waals surface area contributed by atoms with Crippen molar-refractivity contribution in [2.45, 2.75) is 67.2 Å². The van der Waals surface area contributed by atoms with Gasteiger partial charge in [-0.2, -0.15) is 0 Å². The minimum absolute atomic E-state index is 0.539. The van der Waals surface area contributed by atoms with Crippen molar-refractivity contribution < 1.29 is 0 Å². The van der Waals surface area contributed by atoms with Gasteiger partial charge in [0.15, 0.2) is 0 Å². The van der Waals surface area contributed by atoms with E-state index in [-0.39, 0.29) is 0 Å². The molecule has 0 aliphatic carbocycles. The van der Waals surface area contributed by atoms with E-state index >= 15 is 0 Å². The molecule has 0 fully saturated rings. The van der Waals surface area contributed by atoms with Gasteiger partial charge < -0.3 is 0 Å². The molecule has 0 nitrogen and oxygen atoms in total. The van der Waals surface area contributed by atoms with Crippen molar-refractivity contribution in [2.24, 2.45) is 17.3 Å². The molecule has 0 saturated heterocycles. The van der Waals surface area contributed by atoms with Crippen molar-refractivity contribution in [3.05, 3.63) is 0 Å². The molecule has 1 unspecified atom stereocenters. The quantitative estimate of drug-likeness (QED) is 0.551. The lowest BCUT2D eigenvalue weighted by Crippen LogP contribution is -2.20. The van der Waals surface area contributed by atoms with Crippen LogP contribution in [-0.2, 0) is 0 Å². The zero-order valence-corrected chi connectivity index (χ0v) is 10.5. The van der Waals surface area contributed by atoms with E-state index in [9.17, 15) is 0 Å². The van der Waals surface area contributed by atoms with Crippen molar-refractivity contribution in [1.82, 2.24) is 0 Å². The fourth-order valence-corrected chi connectivity index (χ4v) is 1.57. The molecule has 80 valence electrons. The van der Waals surface area contributed by atoms with Crippen LogP contribution < -0.4 is 0 Å². The molecule has 0 aliphatic rings. The largest absolute Gasteiger partial charge is 0.0649 e. The molecule has 1 atom stereocenters. The van der Waals surface area contributed by atoms with E-state index in [1.807, 2.05) is 0 Å². The van der Waals surface area contributed by atoms with E-state index in [2.05, 4.69) is 41.5 Å². The summed E-state index contributed by atoms with van der Waals surface area (Å²) in [6, 6.07) is 0. The van der Waals surface area contributed by atoms with E-state index in [4.69, 9.17) is 0 Å². The molecule has 0 rings (SSSR count). The molecule has 0 heteroatoms. The Bertz CT molecular complexity index is 122. The first-order chi connectivity index (χ1) is 5.90. The zero-order chi connectivity index (χ0) is 10.5.